The van der Waals surface area contributed by atoms with Gasteiger partial charge in [-0.1, -0.05) is 122 Å². The number of hydrogen-bond acceptors (Lipinski definition) is 2. The summed E-state index contributed by atoms with van der Waals surface area (Å²) >= 11 is 0. The van der Waals surface area contributed by atoms with Gasteiger partial charge in [0.1, 0.15) is 11.5 Å². The zero-order valence-electron chi connectivity index (χ0n) is 32.8. The Morgan fingerprint density at radius 3 is 1.82 bits per heavy atom. The van der Waals surface area contributed by atoms with Crippen molar-refractivity contribution < 1.29 is 21.1 Å². The Kier molecular flexibility index (Phi) is 8.90. The van der Waals surface area contributed by atoms with Crippen molar-refractivity contribution in [2.75, 3.05) is 0 Å². The molecule has 0 spiro atoms. The standard InChI is InChI=1S/C51H41N5.Pt/c1-32-26-33(2)49(34(3)27-32)50-43(35-14-8-7-9-15-35)31-54(53-50)37-20-22-41-39-16-10-12-18-44(39)55(46(41)29-37)38-21-23-42-40-17-11-13-19-45(40)56(47(42)30-38)48-28-36(24-25-52-48)51(4,5)6;/h7-28,31H,1-6H3;/q-2;+2. The molecule has 0 aliphatic heterocycles. The largest absolute Gasteiger partial charge is 2.00 e. The van der Waals surface area contributed by atoms with Crippen LogP contribution in [0.5, 0.6) is 0 Å². The van der Waals surface area contributed by atoms with Crippen molar-refractivity contribution in [3.8, 4) is 39.6 Å². The van der Waals surface area contributed by atoms with Crippen molar-refractivity contribution in [3.05, 3.63) is 174 Å². The van der Waals surface area contributed by atoms with Gasteiger partial charge in [0.15, 0.2) is 0 Å². The van der Waals surface area contributed by atoms with Gasteiger partial charge in [-0.3, -0.25) is 4.68 Å². The first-order chi connectivity index (χ1) is 27.1. The van der Waals surface area contributed by atoms with Crippen LogP contribution in [0, 0.1) is 32.9 Å². The maximum absolute atomic E-state index is 5.33. The monoisotopic (exact) mass is 918 g/mol. The van der Waals surface area contributed by atoms with Crippen LogP contribution in [0.25, 0.3) is 83.2 Å². The molecular formula is C51H41N5Pt. The van der Waals surface area contributed by atoms with E-state index in [1.54, 1.807) is 0 Å². The third-order valence-corrected chi connectivity index (χ3v) is 11.2. The zero-order valence-corrected chi connectivity index (χ0v) is 35.1. The summed E-state index contributed by atoms with van der Waals surface area (Å²) in [5.74, 6) is 0.885. The molecule has 57 heavy (non-hydrogen) atoms. The molecule has 10 rings (SSSR count). The molecule has 0 aliphatic rings. The molecule has 0 unspecified atom stereocenters. The summed E-state index contributed by atoms with van der Waals surface area (Å²) in [5, 5.41) is 9.93. The topological polar surface area (TPSA) is 40.6 Å². The number of nitrogens with zero attached hydrogens (tertiary/aromatic N) is 5. The van der Waals surface area contributed by atoms with E-state index in [4.69, 9.17) is 10.1 Å². The number of rotatable bonds is 5. The Bertz CT molecular complexity index is 3130. The smallest absolute Gasteiger partial charge is 0.358 e. The van der Waals surface area contributed by atoms with Crippen LogP contribution in [0.15, 0.2) is 140 Å². The van der Waals surface area contributed by atoms with Gasteiger partial charge in [-0.05, 0) is 89.2 Å². The first-order valence-electron chi connectivity index (χ1n) is 19.3. The summed E-state index contributed by atoms with van der Waals surface area (Å²) in [4.78, 5) is 4.92. The van der Waals surface area contributed by atoms with E-state index in [1.165, 1.54) is 33.2 Å². The second kappa shape index (κ2) is 13.9. The molecule has 0 atom stereocenters. The van der Waals surface area contributed by atoms with Crippen molar-refractivity contribution in [1.29, 1.82) is 0 Å². The summed E-state index contributed by atoms with van der Waals surface area (Å²) in [7, 11) is 0. The summed E-state index contributed by atoms with van der Waals surface area (Å²) in [6.45, 7) is 13.2. The van der Waals surface area contributed by atoms with Gasteiger partial charge in [0.05, 0.1) is 0 Å². The first-order valence-corrected chi connectivity index (χ1v) is 19.3. The van der Waals surface area contributed by atoms with Crippen molar-refractivity contribution >= 4 is 43.6 Å². The van der Waals surface area contributed by atoms with Crippen LogP contribution < -0.4 is 0 Å². The quantitative estimate of drug-likeness (QED) is 0.161. The van der Waals surface area contributed by atoms with Gasteiger partial charge >= 0.3 is 21.1 Å². The van der Waals surface area contributed by atoms with Crippen molar-refractivity contribution in [2.45, 2.75) is 47.0 Å². The molecule has 6 heteroatoms. The molecular weight excluding hydrogens is 878 g/mol. The van der Waals surface area contributed by atoms with E-state index in [9.17, 15) is 0 Å². The van der Waals surface area contributed by atoms with E-state index >= 15 is 0 Å². The Morgan fingerprint density at radius 1 is 0.579 bits per heavy atom. The van der Waals surface area contributed by atoms with Gasteiger partial charge in [-0.15, -0.1) is 35.0 Å². The Morgan fingerprint density at radius 2 is 1.16 bits per heavy atom. The molecule has 4 aromatic heterocycles. The minimum absolute atomic E-state index is 0. The number of benzene rings is 6. The Hall–Kier alpha value is -6.03. The number of aryl methyl sites for hydroxylation is 3. The summed E-state index contributed by atoms with van der Waals surface area (Å²) in [6.07, 6.45) is 4.08. The van der Waals surface area contributed by atoms with E-state index in [0.29, 0.717) is 0 Å². The molecule has 4 heterocycles. The maximum atomic E-state index is 5.33. The molecule has 0 saturated heterocycles. The van der Waals surface area contributed by atoms with Crippen molar-refractivity contribution in [1.82, 2.24) is 23.9 Å². The normalized spacial score (nSPS) is 11.9. The first kappa shape index (κ1) is 36.6. The van der Waals surface area contributed by atoms with E-state index in [2.05, 4.69) is 196 Å². The predicted octanol–water partition coefficient (Wildman–Crippen LogP) is 12.6. The van der Waals surface area contributed by atoms with E-state index in [0.717, 1.165) is 72.2 Å². The summed E-state index contributed by atoms with van der Waals surface area (Å²) in [6, 6.07) is 53.1. The molecule has 0 N–H and O–H groups in total. The van der Waals surface area contributed by atoms with Gasteiger partial charge in [-0.2, -0.15) is 17.2 Å². The van der Waals surface area contributed by atoms with E-state index in [-0.39, 0.29) is 26.5 Å². The molecule has 0 bridgehead atoms. The van der Waals surface area contributed by atoms with Crippen LogP contribution in [-0.4, -0.2) is 23.9 Å². The number of aromatic nitrogens is 5. The van der Waals surface area contributed by atoms with E-state index in [1.807, 2.05) is 10.9 Å². The fourth-order valence-corrected chi connectivity index (χ4v) is 8.59. The minimum atomic E-state index is -0.0170. The fraction of sp³-hybridized carbons (Fsp3) is 0.137. The summed E-state index contributed by atoms with van der Waals surface area (Å²) < 4.78 is 6.56. The molecule has 0 saturated carbocycles. The van der Waals surface area contributed by atoms with Crippen LogP contribution in [0.4, 0.5) is 0 Å². The van der Waals surface area contributed by atoms with Crippen LogP contribution in [0.1, 0.15) is 43.0 Å². The summed E-state index contributed by atoms with van der Waals surface area (Å²) in [5.41, 5.74) is 15.2. The molecule has 0 radical (unpaired) electrons. The Balaban J connectivity index is 0.00000422. The number of para-hydroxylation sites is 2. The fourth-order valence-electron chi connectivity index (χ4n) is 8.59. The second-order valence-electron chi connectivity index (χ2n) is 16.0. The van der Waals surface area contributed by atoms with Gasteiger partial charge in [0.25, 0.3) is 0 Å². The van der Waals surface area contributed by atoms with Crippen molar-refractivity contribution in [3.63, 3.8) is 0 Å². The van der Waals surface area contributed by atoms with Crippen LogP contribution >= 0.6 is 0 Å². The number of hydrogen-bond donors (Lipinski definition) is 0. The number of pyridine rings is 1. The average Bonchev–Trinajstić information content (AvgIpc) is 3.88. The molecule has 280 valence electrons. The molecule has 6 aromatic carbocycles. The van der Waals surface area contributed by atoms with Gasteiger partial charge < -0.3 is 9.13 Å². The maximum Gasteiger partial charge on any atom is 2.00 e. The van der Waals surface area contributed by atoms with Gasteiger partial charge in [-0.25, -0.2) is 4.98 Å². The van der Waals surface area contributed by atoms with E-state index < -0.39 is 0 Å². The number of fused-ring (bicyclic) bond motifs is 6. The van der Waals surface area contributed by atoms with Crippen LogP contribution in [0.3, 0.4) is 0 Å². The average molecular weight is 919 g/mol. The predicted molar refractivity (Wildman–Crippen MR) is 231 cm³/mol. The molecule has 10 aromatic rings. The Labute approximate surface area is 347 Å². The molecule has 0 amide bonds. The van der Waals surface area contributed by atoms with Crippen LogP contribution in [0.2, 0.25) is 0 Å². The third-order valence-electron chi connectivity index (χ3n) is 11.2. The minimum Gasteiger partial charge on any atom is -0.358 e. The molecule has 0 aliphatic carbocycles. The van der Waals surface area contributed by atoms with Gasteiger partial charge in [0.2, 0.25) is 0 Å². The molecule has 5 nitrogen and oxygen atoms in total. The third kappa shape index (κ3) is 6.04. The second-order valence-corrected chi connectivity index (χ2v) is 16.0. The van der Waals surface area contributed by atoms with Crippen molar-refractivity contribution in [2.24, 2.45) is 0 Å². The zero-order chi connectivity index (χ0) is 38.3. The SMILES string of the molecule is Cc1cc(C)c(-c2nn(-c3[c-]c4c(cc3)c3ccccc3n4-c3[c-]c4c(cc3)c3ccccc3n4-c3cc(C(C)(C)C)ccn3)cc2-c2ccccc2)c(C)c1.[Pt+2]. The molecule has 0 fully saturated rings. The van der Waals surface area contributed by atoms with Gasteiger partial charge in [0, 0.05) is 34.6 Å². The van der Waals surface area contributed by atoms with Crippen LogP contribution in [-0.2, 0) is 26.5 Å².